The van der Waals surface area contributed by atoms with Gasteiger partial charge in [-0.15, -0.1) is 11.8 Å². The summed E-state index contributed by atoms with van der Waals surface area (Å²) in [6.45, 7) is 2.24. The third kappa shape index (κ3) is 4.99. The van der Waals surface area contributed by atoms with Crippen LogP contribution in [-0.4, -0.2) is 23.2 Å². The minimum absolute atomic E-state index is 0.0379. The number of nitro benzene ring substituents is 1. The third-order valence-electron chi connectivity index (χ3n) is 3.36. The van der Waals surface area contributed by atoms with Crippen LogP contribution in [0, 0.1) is 10.1 Å². The molecule has 0 fully saturated rings. The molecule has 0 radical (unpaired) electrons. The first-order valence-corrected chi connectivity index (χ1v) is 8.19. The van der Waals surface area contributed by atoms with Crippen LogP contribution in [-0.2, 0) is 11.3 Å². The Morgan fingerprint density at radius 2 is 1.83 bits per heavy atom. The molecule has 2 aromatic carbocycles. The zero-order valence-electron chi connectivity index (χ0n) is 13.4. The fourth-order valence-electron chi connectivity index (χ4n) is 1.98. The van der Waals surface area contributed by atoms with Crippen molar-refractivity contribution in [2.45, 2.75) is 23.6 Å². The molecule has 24 heavy (non-hydrogen) atoms. The number of benzene rings is 2. The van der Waals surface area contributed by atoms with E-state index in [1.165, 1.54) is 23.9 Å². The maximum absolute atomic E-state index is 12.2. The average Bonchev–Trinajstić information content (AvgIpc) is 2.60. The Morgan fingerprint density at radius 1 is 1.21 bits per heavy atom. The lowest BCUT2D eigenvalue weighted by molar-refractivity contribution is -0.384. The van der Waals surface area contributed by atoms with Crippen LogP contribution in [0.25, 0.3) is 0 Å². The number of nitrogens with one attached hydrogen (secondary N) is 1. The highest BCUT2D eigenvalue weighted by Crippen LogP contribution is 2.25. The van der Waals surface area contributed by atoms with E-state index in [1.54, 1.807) is 26.2 Å². The predicted molar refractivity (Wildman–Crippen MR) is 93.3 cm³/mol. The zero-order valence-corrected chi connectivity index (χ0v) is 14.2. The van der Waals surface area contributed by atoms with E-state index < -0.39 is 4.92 Å². The van der Waals surface area contributed by atoms with Gasteiger partial charge >= 0.3 is 0 Å². The first-order chi connectivity index (χ1) is 11.5. The van der Waals surface area contributed by atoms with Crippen molar-refractivity contribution in [3.8, 4) is 5.75 Å². The number of rotatable bonds is 7. The largest absolute Gasteiger partial charge is 0.497 e. The number of non-ortho nitro benzene ring substituents is 1. The molecule has 0 aliphatic rings. The highest BCUT2D eigenvalue weighted by atomic mass is 32.2. The van der Waals surface area contributed by atoms with Gasteiger partial charge in [-0.2, -0.15) is 0 Å². The molecule has 1 unspecified atom stereocenters. The van der Waals surface area contributed by atoms with Crippen molar-refractivity contribution < 1.29 is 14.5 Å². The highest BCUT2D eigenvalue weighted by Gasteiger charge is 2.15. The number of carbonyl (C=O) groups is 1. The van der Waals surface area contributed by atoms with Crippen molar-refractivity contribution >= 4 is 23.4 Å². The first-order valence-electron chi connectivity index (χ1n) is 7.31. The predicted octanol–water partition coefficient (Wildman–Crippen LogP) is 3.40. The Hall–Kier alpha value is -2.54. The summed E-state index contributed by atoms with van der Waals surface area (Å²) < 4.78 is 5.09. The SMILES string of the molecule is COc1ccc(CNC(=O)C(C)Sc2ccc([N+](=O)[O-])cc2)cc1. The molecule has 126 valence electrons. The van der Waals surface area contributed by atoms with Crippen molar-refractivity contribution in [2.24, 2.45) is 0 Å². The molecular weight excluding hydrogens is 328 g/mol. The fourth-order valence-corrected chi connectivity index (χ4v) is 2.87. The van der Waals surface area contributed by atoms with Gasteiger partial charge in [0.05, 0.1) is 17.3 Å². The fraction of sp³-hybridized carbons (Fsp3) is 0.235. The normalized spacial score (nSPS) is 11.6. The minimum atomic E-state index is -0.445. The van der Waals surface area contributed by atoms with E-state index in [0.717, 1.165) is 16.2 Å². The van der Waals surface area contributed by atoms with E-state index >= 15 is 0 Å². The molecule has 0 spiro atoms. The van der Waals surface area contributed by atoms with Gasteiger partial charge < -0.3 is 10.1 Å². The van der Waals surface area contributed by atoms with Crippen LogP contribution in [0.1, 0.15) is 12.5 Å². The number of methoxy groups -OCH3 is 1. The standard InChI is InChI=1S/C17H18N2O4S/c1-12(24-16-9-5-14(6-10-16)19(21)22)17(20)18-11-13-3-7-15(23-2)8-4-13/h3-10,12H,11H2,1-2H3,(H,18,20). The second-order valence-electron chi connectivity index (χ2n) is 5.08. The molecule has 0 aromatic heterocycles. The van der Waals surface area contributed by atoms with Crippen LogP contribution in [0.2, 0.25) is 0 Å². The molecule has 0 aliphatic carbocycles. The van der Waals surface area contributed by atoms with Crippen LogP contribution < -0.4 is 10.1 Å². The molecule has 0 aliphatic heterocycles. The van der Waals surface area contributed by atoms with Crippen LogP contribution in [0.15, 0.2) is 53.4 Å². The lowest BCUT2D eigenvalue weighted by Crippen LogP contribution is -2.30. The molecule has 0 heterocycles. The minimum Gasteiger partial charge on any atom is -0.497 e. The Kier molecular flexibility index (Phi) is 6.20. The molecule has 2 aromatic rings. The van der Waals surface area contributed by atoms with E-state index in [2.05, 4.69) is 5.32 Å². The summed E-state index contributed by atoms with van der Waals surface area (Å²) in [7, 11) is 1.61. The second kappa shape index (κ2) is 8.35. The van der Waals surface area contributed by atoms with E-state index in [1.807, 2.05) is 24.3 Å². The number of amides is 1. The summed E-state index contributed by atoms with van der Waals surface area (Å²) in [6, 6.07) is 13.6. The van der Waals surface area contributed by atoms with Gasteiger partial charge in [-0.3, -0.25) is 14.9 Å². The topological polar surface area (TPSA) is 81.5 Å². The summed E-state index contributed by atoms with van der Waals surface area (Å²) in [6.07, 6.45) is 0. The summed E-state index contributed by atoms with van der Waals surface area (Å²) in [5.74, 6) is 0.682. The van der Waals surface area contributed by atoms with Crippen molar-refractivity contribution in [2.75, 3.05) is 7.11 Å². The molecule has 2 rings (SSSR count). The number of nitrogens with zero attached hydrogens (tertiary/aromatic N) is 1. The monoisotopic (exact) mass is 346 g/mol. The van der Waals surface area contributed by atoms with E-state index in [9.17, 15) is 14.9 Å². The lowest BCUT2D eigenvalue weighted by atomic mass is 10.2. The van der Waals surface area contributed by atoms with Gasteiger partial charge in [0.25, 0.3) is 5.69 Å². The van der Waals surface area contributed by atoms with Gasteiger partial charge in [0.2, 0.25) is 5.91 Å². The quantitative estimate of drug-likeness (QED) is 0.472. The number of nitro groups is 1. The maximum Gasteiger partial charge on any atom is 0.269 e. The van der Waals surface area contributed by atoms with Crippen LogP contribution in [0.5, 0.6) is 5.75 Å². The summed E-state index contributed by atoms with van der Waals surface area (Å²) in [4.78, 5) is 23.2. The Balaban J connectivity index is 1.85. The number of thioether (sulfide) groups is 1. The van der Waals surface area contributed by atoms with Gasteiger partial charge in [0, 0.05) is 23.6 Å². The lowest BCUT2D eigenvalue weighted by Gasteiger charge is -2.12. The van der Waals surface area contributed by atoms with Crippen LogP contribution in [0.4, 0.5) is 5.69 Å². The van der Waals surface area contributed by atoms with Gasteiger partial charge in [-0.1, -0.05) is 12.1 Å². The number of carbonyl (C=O) groups excluding carboxylic acids is 1. The van der Waals surface area contributed by atoms with E-state index in [0.29, 0.717) is 6.54 Å². The maximum atomic E-state index is 12.2. The van der Waals surface area contributed by atoms with E-state index in [-0.39, 0.29) is 16.8 Å². The van der Waals surface area contributed by atoms with Crippen molar-refractivity contribution in [3.05, 3.63) is 64.2 Å². The Bertz CT molecular complexity index is 702. The summed E-state index contributed by atoms with van der Waals surface area (Å²) >= 11 is 1.36. The molecule has 1 atom stereocenters. The first kappa shape index (κ1) is 17.8. The van der Waals surface area contributed by atoms with Crippen LogP contribution in [0.3, 0.4) is 0 Å². The molecule has 0 bridgehead atoms. The Labute approximate surface area is 144 Å². The molecule has 6 nitrogen and oxygen atoms in total. The van der Waals surface area contributed by atoms with Gasteiger partial charge in [-0.05, 0) is 36.8 Å². The smallest absolute Gasteiger partial charge is 0.269 e. The van der Waals surface area contributed by atoms with Crippen molar-refractivity contribution in [3.63, 3.8) is 0 Å². The van der Waals surface area contributed by atoms with Crippen molar-refractivity contribution in [1.82, 2.24) is 5.32 Å². The number of ether oxygens (including phenoxy) is 1. The molecule has 1 amide bonds. The Morgan fingerprint density at radius 3 is 2.38 bits per heavy atom. The third-order valence-corrected chi connectivity index (χ3v) is 4.47. The average molecular weight is 346 g/mol. The molecule has 0 saturated heterocycles. The van der Waals surface area contributed by atoms with Gasteiger partial charge in [0.15, 0.2) is 0 Å². The van der Waals surface area contributed by atoms with Crippen LogP contribution >= 0.6 is 11.8 Å². The molecule has 7 heteroatoms. The van der Waals surface area contributed by atoms with Gasteiger partial charge in [0.1, 0.15) is 5.75 Å². The number of hydrogen-bond acceptors (Lipinski definition) is 5. The number of hydrogen-bond donors (Lipinski definition) is 1. The summed E-state index contributed by atoms with van der Waals surface area (Å²) in [5.41, 5.74) is 1.02. The summed E-state index contributed by atoms with van der Waals surface area (Å²) in [5, 5.41) is 13.2. The molecule has 1 N–H and O–H groups in total. The second-order valence-corrected chi connectivity index (χ2v) is 6.49. The molecular formula is C17H18N2O4S. The highest BCUT2D eigenvalue weighted by molar-refractivity contribution is 8.00. The molecule has 0 saturated carbocycles. The van der Waals surface area contributed by atoms with Crippen molar-refractivity contribution in [1.29, 1.82) is 0 Å². The van der Waals surface area contributed by atoms with E-state index in [4.69, 9.17) is 4.74 Å². The van der Waals surface area contributed by atoms with Gasteiger partial charge in [-0.25, -0.2) is 0 Å². The zero-order chi connectivity index (χ0) is 17.5.